The fourth-order valence-corrected chi connectivity index (χ4v) is 11.7. The Morgan fingerprint density at radius 2 is 1.70 bits per heavy atom. The van der Waals surface area contributed by atoms with E-state index in [2.05, 4.69) is 21.6 Å². The first-order valence-electron chi connectivity index (χ1n) is 21.1. The van der Waals surface area contributed by atoms with Crippen molar-refractivity contribution in [2.45, 2.75) is 130 Å². The molecule has 2 aliphatic heterocycles. The summed E-state index contributed by atoms with van der Waals surface area (Å²) in [6.07, 6.45) is 12.9. The van der Waals surface area contributed by atoms with Crippen LogP contribution in [-0.4, -0.2) is 96.8 Å². The lowest BCUT2D eigenvalue weighted by molar-refractivity contribution is -0.156. The van der Waals surface area contributed by atoms with E-state index in [0.717, 1.165) is 57.6 Å². The molecule has 3 heterocycles. The molecule has 60 heavy (non-hydrogen) atoms. The van der Waals surface area contributed by atoms with E-state index in [9.17, 15) is 40.8 Å². The number of nitrogens with one attached hydrogen (secondary N) is 2. The van der Waals surface area contributed by atoms with Crippen molar-refractivity contribution in [2.75, 3.05) is 12.8 Å². The predicted octanol–water partition coefficient (Wildman–Crippen LogP) is 3.08. The number of ether oxygens (including phenoxy) is 2. The lowest BCUT2D eigenvalue weighted by Gasteiger charge is -2.32. The molecule has 18 heteroatoms. The minimum Gasteiger partial charge on any atom is -0.462 e. The van der Waals surface area contributed by atoms with Crippen molar-refractivity contribution < 1.29 is 45.5 Å². The van der Waals surface area contributed by atoms with Crippen LogP contribution in [0.5, 0.6) is 6.01 Å². The van der Waals surface area contributed by atoms with Gasteiger partial charge in [-0.1, -0.05) is 31.1 Å². The van der Waals surface area contributed by atoms with E-state index >= 15 is 0 Å². The van der Waals surface area contributed by atoms with Crippen molar-refractivity contribution in [3.05, 3.63) is 53.4 Å². The molecule has 1 aromatic heterocycles. The maximum absolute atomic E-state index is 15.0. The van der Waals surface area contributed by atoms with Gasteiger partial charge in [0.1, 0.15) is 23.8 Å². The molecule has 5 fully saturated rings. The average molecular weight is 868 g/mol. The number of carbonyl (C=O) groups is 4. The van der Waals surface area contributed by atoms with Crippen molar-refractivity contribution in [3.8, 4) is 6.01 Å². The van der Waals surface area contributed by atoms with Gasteiger partial charge in [0.25, 0.3) is 17.5 Å². The number of carbonyl (C=O) groups excluding carboxylic acids is 4. The van der Waals surface area contributed by atoms with Crippen molar-refractivity contribution in [2.24, 2.45) is 23.7 Å². The molecule has 1 saturated heterocycles. The second-order valence-electron chi connectivity index (χ2n) is 17.5. The van der Waals surface area contributed by atoms with E-state index < -0.39 is 83.9 Å². The summed E-state index contributed by atoms with van der Waals surface area (Å²) in [6, 6.07) is 2.72. The lowest BCUT2D eigenvalue weighted by Crippen LogP contribution is -2.57. The zero-order valence-corrected chi connectivity index (χ0v) is 35.4. The van der Waals surface area contributed by atoms with E-state index in [0.29, 0.717) is 19.3 Å². The van der Waals surface area contributed by atoms with Gasteiger partial charge in [0.15, 0.2) is 9.84 Å². The highest BCUT2D eigenvalue weighted by Gasteiger charge is 2.62. The smallest absolute Gasteiger partial charge is 0.306 e. The second kappa shape index (κ2) is 16.4. The number of sulfonamides is 1. The number of allylic oxidation sites excluding steroid dienone is 2. The van der Waals surface area contributed by atoms with E-state index in [1.54, 1.807) is 0 Å². The van der Waals surface area contributed by atoms with Crippen LogP contribution in [-0.2, 0) is 50.3 Å². The molecule has 4 saturated carbocycles. The van der Waals surface area contributed by atoms with Crippen molar-refractivity contribution in [1.29, 1.82) is 0 Å². The van der Waals surface area contributed by atoms with E-state index in [1.807, 2.05) is 12.2 Å². The number of hydrogen-bond acceptors (Lipinski definition) is 12. The summed E-state index contributed by atoms with van der Waals surface area (Å²) in [6.45, 7) is 3.70. The SMILES string of the molecule is C=C[C@@H]1C[C@]1(NC(=O)[C@@H]1C[C@@H]2CN1C(=O)[C@H](C1CCCC1)CC(=O)O[C@@H]1CCC[C@H]1CC/C=C/Cn1c(nc3cc(S(C)(=O)=O)ccc3c1=O)O2)C(=O)NS(=O)(=O)C1CC1. The summed E-state index contributed by atoms with van der Waals surface area (Å²) >= 11 is 0. The Kier molecular flexibility index (Phi) is 11.5. The molecule has 4 aliphatic carbocycles. The van der Waals surface area contributed by atoms with Gasteiger partial charge in [-0.3, -0.25) is 33.3 Å². The summed E-state index contributed by atoms with van der Waals surface area (Å²) in [7, 11) is -7.61. The summed E-state index contributed by atoms with van der Waals surface area (Å²) < 4.78 is 66.7. The molecular formula is C42H53N5O11S2. The number of benzene rings is 1. The first kappa shape index (κ1) is 42.1. The van der Waals surface area contributed by atoms with Crippen LogP contribution >= 0.6 is 0 Å². The van der Waals surface area contributed by atoms with Crippen LogP contribution in [0, 0.1) is 23.7 Å². The minimum atomic E-state index is -3.95. The van der Waals surface area contributed by atoms with Crippen LogP contribution in [0.2, 0.25) is 0 Å². The van der Waals surface area contributed by atoms with Gasteiger partial charge in [0.05, 0.1) is 39.9 Å². The van der Waals surface area contributed by atoms with E-state index in [-0.39, 0.29) is 72.1 Å². The van der Waals surface area contributed by atoms with Gasteiger partial charge in [-0.25, -0.2) is 16.8 Å². The maximum atomic E-state index is 15.0. The fourth-order valence-electron chi connectivity index (χ4n) is 9.73. The van der Waals surface area contributed by atoms with Crippen LogP contribution < -0.4 is 20.3 Å². The highest BCUT2D eigenvalue weighted by molar-refractivity contribution is 7.91. The predicted molar refractivity (Wildman–Crippen MR) is 219 cm³/mol. The van der Waals surface area contributed by atoms with Gasteiger partial charge in [-0.2, -0.15) is 4.98 Å². The van der Waals surface area contributed by atoms with Crippen LogP contribution in [0.1, 0.15) is 89.9 Å². The van der Waals surface area contributed by atoms with E-state index in [4.69, 9.17) is 9.47 Å². The summed E-state index contributed by atoms with van der Waals surface area (Å²) in [5.74, 6) is -3.88. The van der Waals surface area contributed by atoms with Gasteiger partial charge >= 0.3 is 5.97 Å². The largest absolute Gasteiger partial charge is 0.462 e. The molecule has 2 bridgehead atoms. The number of aromatic nitrogens is 2. The Bertz CT molecular complexity index is 2410. The van der Waals surface area contributed by atoms with Gasteiger partial charge < -0.3 is 19.7 Å². The number of esters is 1. The molecule has 324 valence electrons. The van der Waals surface area contributed by atoms with Crippen LogP contribution in [0.15, 0.2) is 52.7 Å². The van der Waals surface area contributed by atoms with Crippen molar-refractivity contribution in [3.63, 3.8) is 0 Å². The average Bonchev–Trinajstić information content (AvgIpc) is 3.99. The normalized spacial score (nSPS) is 30.9. The first-order valence-corrected chi connectivity index (χ1v) is 24.6. The Balaban J connectivity index is 1.17. The van der Waals surface area contributed by atoms with Gasteiger partial charge in [-0.15, -0.1) is 6.58 Å². The fraction of sp³-hybridized carbons (Fsp3) is 0.619. The molecule has 0 unspecified atom stereocenters. The highest BCUT2D eigenvalue weighted by atomic mass is 32.2. The Hall–Kier alpha value is -4.58. The van der Waals surface area contributed by atoms with Crippen molar-refractivity contribution >= 4 is 54.5 Å². The summed E-state index contributed by atoms with van der Waals surface area (Å²) in [4.78, 5) is 76.9. The Morgan fingerprint density at radius 3 is 2.40 bits per heavy atom. The van der Waals surface area contributed by atoms with E-state index in [1.165, 1.54) is 33.7 Å². The monoisotopic (exact) mass is 867 g/mol. The number of hydrogen-bond donors (Lipinski definition) is 2. The third-order valence-electron chi connectivity index (χ3n) is 13.4. The number of fused-ring (bicyclic) bond motifs is 5. The number of sulfone groups is 1. The molecule has 7 atom stereocenters. The Morgan fingerprint density at radius 1 is 0.950 bits per heavy atom. The Labute approximate surface area is 349 Å². The molecule has 16 nitrogen and oxygen atoms in total. The zero-order chi connectivity index (χ0) is 42.6. The topological polar surface area (TPSA) is 217 Å². The molecule has 0 spiro atoms. The third-order valence-corrected chi connectivity index (χ3v) is 16.3. The molecular weight excluding hydrogens is 815 g/mol. The molecule has 8 rings (SSSR count). The van der Waals surface area contributed by atoms with Gasteiger partial charge in [0.2, 0.25) is 21.8 Å². The highest BCUT2D eigenvalue weighted by Crippen LogP contribution is 2.46. The van der Waals surface area contributed by atoms with Gasteiger partial charge in [0, 0.05) is 25.1 Å². The minimum absolute atomic E-state index is 0.0381. The molecule has 2 aromatic rings. The van der Waals surface area contributed by atoms with Crippen LogP contribution in [0.3, 0.4) is 0 Å². The molecule has 0 radical (unpaired) electrons. The van der Waals surface area contributed by atoms with Gasteiger partial charge in [-0.05, 0) is 94.2 Å². The summed E-state index contributed by atoms with van der Waals surface area (Å²) in [5.41, 5.74) is -2.00. The number of rotatable bonds is 8. The summed E-state index contributed by atoms with van der Waals surface area (Å²) in [5, 5.41) is 2.30. The van der Waals surface area contributed by atoms with Crippen LogP contribution in [0.4, 0.5) is 0 Å². The zero-order valence-electron chi connectivity index (χ0n) is 33.8. The standard InChI is InChI=1S/C42H53N5O11S2/c1-3-27-23-42(27,40(52)45-60(55,56)29-15-16-29)44-37(49)34-20-28-24-47(34)39(51)32(25-10-6-7-11-25)22-36(48)58-35-14-9-13-26(35)12-5-4-8-19-46-38(50)31-18-17-30(59(2,53)54)21-33(31)43-41(46)57-28/h3-4,8,17-18,21,25-29,32,34-35H,1,5-7,9-16,19-20,22-24H2,2H3,(H,44,49)(H,45,52)/b8-4+/t26-,27-,28-,32+,34+,35-,42-/m1/s1. The quantitative estimate of drug-likeness (QED) is 0.289. The molecule has 3 amide bonds. The molecule has 6 aliphatic rings. The second-order valence-corrected chi connectivity index (χ2v) is 21.5. The molecule has 1 aromatic carbocycles. The van der Waals surface area contributed by atoms with Crippen LogP contribution in [0.25, 0.3) is 10.9 Å². The van der Waals surface area contributed by atoms with Crippen molar-refractivity contribution in [1.82, 2.24) is 24.5 Å². The number of amides is 3. The maximum Gasteiger partial charge on any atom is 0.306 e. The first-order chi connectivity index (χ1) is 28.6. The number of nitrogens with zero attached hydrogens (tertiary/aromatic N) is 3. The third kappa shape index (κ3) is 8.50. The molecule has 2 N–H and O–H groups in total. The lowest BCUT2D eigenvalue weighted by atomic mass is 9.86.